The predicted molar refractivity (Wildman–Crippen MR) is 78.1 cm³/mol. The smallest absolute Gasteiger partial charge is 0.271 e. The number of carbonyl (C=O) groups excluding carboxylic acids is 1. The number of anilines is 1. The van der Waals surface area contributed by atoms with Crippen molar-refractivity contribution in [1.82, 2.24) is 0 Å². The monoisotopic (exact) mass is 300 g/mol. The Morgan fingerprint density at radius 1 is 1.32 bits per heavy atom. The van der Waals surface area contributed by atoms with Crippen LogP contribution in [0.4, 0.5) is 11.4 Å². The lowest BCUT2D eigenvalue weighted by atomic mass is 10.0. The molecule has 3 rings (SSSR count). The summed E-state index contributed by atoms with van der Waals surface area (Å²) < 4.78 is 5.43. The van der Waals surface area contributed by atoms with Crippen LogP contribution in [0.25, 0.3) is 0 Å². The molecular formula is C15H12N2O5. The van der Waals surface area contributed by atoms with Crippen LogP contribution >= 0.6 is 0 Å². The van der Waals surface area contributed by atoms with Gasteiger partial charge in [0, 0.05) is 17.7 Å². The van der Waals surface area contributed by atoms with E-state index < -0.39 is 10.8 Å². The van der Waals surface area contributed by atoms with Gasteiger partial charge in [0.1, 0.15) is 24.0 Å². The van der Waals surface area contributed by atoms with E-state index in [0.717, 1.165) is 11.6 Å². The number of phenols is 1. The average molecular weight is 300 g/mol. The number of hydrogen-bond donors (Lipinski definition) is 2. The Kier molecular flexibility index (Phi) is 3.38. The number of phenolic OH excluding ortho intramolecular Hbond substituents is 1. The molecule has 1 aliphatic rings. The summed E-state index contributed by atoms with van der Waals surface area (Å²) in [5, 5.41) is 23.0. The predicted octanol–water partition coefficient (Wildman–Crippen LogP) is 2.42. The standard InChI is InChI=1S/C15H12N2O5/c18-13-6-5-9(17(20)21)7-12(13)16-15(19)11-8-22-14-4-2-1-3-10(11)14/h1-7,11,18H,8H2,(H,16,19). The molecule has 0 saturated heterocycles. The van der Waals surface area contributed by atoms with Gasteiger partial charge in [-0.15, -0.1) is 0 Å². The van der Waals surface area contributed by atoms with Crippen molar-refractivity contribution in [3.05, 3.63) is 58.1 Å². The van der Waals surface area contributed by atoms with E-state index in [1.807, 2.05) is 6.07 Å². The first-order chi connectivity index (χ1) is 10.6. The summed E-state index contributed by atoms with van der Waals surface area (Å²) in [5.41, 5.74) is 0.546. The lowest BCUT2D eigenvalue weighted by molar-refractivity contribution is -0.384. The van der Waals surface area contributed by atoms with Gasteiger partial charge in [0.25, 0.3) is 5.69 Å². The number of nitrogens with one attached hydrogen (secondary N) is 1. The number of hydrogen-bond acceptors (Lipinski definition) is 5. The van der Waals surface area contributed by atoms with Gasteiger partial charge in [-0.3, -0.25) is 14.9 Å². The molecule has 2 aromatic rings. The van der Waals surface area contributed by atoms with Crippen LogP contribution in [0.2, 0.25) is 0 Å². The van der Waals surface area contributed by atoms with Crippen molar-refractivity contribution in [3.8, 4) is 11.5 Å². The maximum atomic E-state index is 12.3. The van der Waals surface area contributed by atoms with E-state index in [9.17, 15) is 20.0 Å². The van der Waals surface area contributed by atoms with E-state index in [-0.39, 0.29) is 29.6 Å². The second-order valence-corrected chi connectivity index (χ2v) is 4.85. The zero-order valence-corrected chi connectivity index (χ0v) is 11.4. The van der Waals surface area contributed by atoms with Gasteiger partial charge in [-0.05, 0) is 12.1 Å². The quantitative estimate of drug-likeness (QED) is 0.515. The lowest BCUT2D eigenvalue weighted by Crippen LogP contribution is -2.22. The Morgan fingerprint density at radius 2 is 2.09 bits per heavy atom. The minimum Gasteiger partial charge on any atom is -0.506 e. The van der Waals surface area contributed by atoms with Gasteiger partial charge in [-0.2, -0.15) is 0 Å². The number of nitro benzene ring substituents is 1. The molecule has 22 heavy (non-hydrogen) atoms. The van der Waals surface area contributed by atoms with Crippen molar-refractivity contribution < 1.29 is 19.6 Å². The molecule has 7 heteroatoms. The largest absolute Gasteiger partial charge is 0.506 e. The summed E-state index contributed by atoms with van der Waals surface area (Å²) in [7, 11) is 0. The number of rotatable bonds is 3. The van der Waals surface area contributed by atoms with Crippen LogP contribution in [0.15, 0.2) is 42.5 Å². The zero-order valence-electron chi connectivity index (χ0n) is 11.4. The summed E-state index contributed by atoms with van der Waals surface area (Å²) in [6.07, 6.45) is 0. The molecule has 0 radical (unpaired) electrons. The molecule has 1 atom stereocenters. The molecule has 0 spiro atoms. The minimum absolute atomic E-state index is 0.00332. The average Bonchev–Trinajstić information content (AvgIpc) is 2.93. The highest BCUT2D eigenvalue weighted by atomic mass is 16.6. The zero-order chi connectivity index (χ0) is 15.7. The van der Waals surface area contributed by atoms with E-state index in [0.29, 0.717) is 5.75 Å². The third-order valence-electron chi connectivity index (χ3n) is 3.47. The number of nitro groups is 1. The van der Waals surface area contributed by atoms with Crippen LogP contribution in [0.5, 0.6) is 11.5 Å². The molecule has 1 amide bonds. The van der Waals surface area contributed by atoms with Gasteiger partial charge in [0.15, 0.2) is 0 Å². The highest BCUT2D eigenvalue weighted by molar-refractivity contribution is 5.98. The topological polar surface area (TPSA) is 102 Å². The number of nitrogens with zero attached hydrogens (tertiary/aromatic N) is 1. The molecule has 0 bridgehead atoms. The lowest BCUT2D eigenvalue weighted by Gasteiger charge is -2.11. The van der Waals surface area contributed by atoms with E-state index >= 15 is 0 Å². The van der Waals surface area contributed by atoms with E-state index in [2.05, 4.69) is 5.32 Å². The van der Waals surface area contributed by atoms with Crippen LogP contribution in [0.3, 0.4) is 0 Å². The van der Waals surface area contributed by atoms with Gasteiger partial charge in [-0.1, -0.05) is 18.2 Å². The molecule has 1 heterocycles. The SMILES string of the molecule is O=C(Nc1cc([N+](=O)[O-])ccc1O)C1COc2ccccc21. The van der Waals surface area contributed by atoms with Crippen LogP contribution in [0, 0.1) is 10.1 Å². The summed E-state index contributed by atoms with van der Waals surface area (Å²) in [6, 6.07) is 10.6. The van der Waals surface area contributed by atoms with Crippen molar-refractivity contribution in [1.29, 1.82) is 0 Å². The second kappa shape index (κ2) is 5.36. The third-order valence-corrected chi connectivity index (χ3v) is 3.47. The van der Waals surface area contributed by atoms with E-state index in [4.69, 9.17) is 4.74 Å². The third kappa shape index (κ3) is 2.44. The van der Waals surface area contributed by atoms with Crippen molar-refractivity contribution in [2.75, 3.05) is 11.9 Å². The highest BCUT2D eigenvalue weighted by Crippen LogP contribution is 2.35. The van der Waals surface area contributed by atoms with E-state index in [1.54, 1.807) is 18.2 Å². The van der Waals surface area contributed by atoms with Gasteiger partial charge in [0.2, 0.25) is 5.91 Å². The maximum absolute atomic E-state index is 12.3. The highest BCUT2D eigenvalue weighted by Gasteiger charge is 2.30. The van der Waals surface area contributed by atoms with E-state index in [1.165, 1.54) is 12.1 Å². The minimum atomic E-state index is -0.594. The summed E-state index contributed by atoms with van der Waals surface area (Å²) >= 11 is 0. The fraction of sp³-hybridized carbons (Fsp3) is 0.133. The number of para-hydroxylation sites is 1. The summed E-state index contributed by atoms with van der Waals surface area (Å²) in [6.45, 7) is 0.195. The molecule has 112 valence electrons. The molecule has 1 aliphatic heterocycles. The van der Waals surface area contributed by atoms with Gasteiger partial charge in [-0.25, -0.2) is 0 Å². The maximum Gasteiger partial charge on any atom is 0.271 e. The Bertz CT molecular complexity index is 759. The van der Waals surface area contributed by atoms with Gasteiger partial charge >= 0.3 is 0 Å². The van der Waals surface area contributed by atoms with Crippen molar-refractivity contribution in [2.24, 2.45) is 0 Å². The molecule has 7 nitrogen and oxygen atoms in total. The molecule has 2 N–H and O–H groups in total. The van der Waals surface area contributed by atoms with Gasteiger partial charge < -0.3 is 15.2 Å². The number of fused-ring (bicyclic) bond motifs is 1. The Morgan fingerprint density at radius 3 is 2.86 bits per heavy atom. The molecular weight excluding hydrogens is 288 g/mol. The second-order valence-electron chi connectivity index (χ2n) is 4.85. The molecule has 2 aromatic carbocycles. The van der Waals surface area contributed by atoms with Crippen molar-refractivity contribution >= 4 is 17.3 Å². The number of benzene rings is 2. The fourth-order valence-corrected chi connectivity index (χ4v) is 2.34. The number of carbonyl (C=O) groups is 1. The summed E-state index contributed by atoms with van der Waals surface area (Å²) in [4.78, 5) is 22.5. The number of amides is 1. The van der Waals surface area contributed by atoms with Gasteiger partial charge in [0.05, 0.1) is 10.6 Å². The first kappa shape index (κ1) is 13.9. The molecule has 0 fully saturated rings. The number of non-ortho nitro benzene ring substituents is 1. The summed E-state index contributed by atoms with van der Waals surface area (Å²) in [5.74, 6) is -0.493. The van der Waals surface area contributed by atoms with Crippen molar-refractivity contribution in [3.63, 3.8) is 0 Å². The van der Waals surface area contributed by atoms with Crippen LogP contribution in [0.1, 0.15) is 11.5 Å². The van der Waals surface area contributed by atoms with Crippen molar-refractivity contribution in [2.45, 2.75) is 5.92 Å². The molecule has 0 saturated carbocycles. The molecule has 1 unspecified atom stereocenters. The number of ether oxygens (including phenoxy) is 1. The molecule has 0 aliphatic carbocycles. The Hall–Kier alpha value is -3.09. The normalized spacial score (nSPS) is 15.7. The fourth-order valence-electron chi connectivity index (χ4n) is 2.34. The number of aromatic hydroxyl groups is 1. The van der Waals surface area contributed by atoms with Crippen LogP contribution in [-0.4, -0.2) is 22.5 Å². The Labute approximate surface area is 125 Å². The first-order valence-electron chi connectivity index (χ1n) is 6.56. The first-order valence-corrected chi connectivity index (χ1v) is 6.56. The van der Waals surface area contributed by atoms with Crippen LogP contribution < -0.4 is 10.1 Å². The Balaban J connectivity index is 1.84. The van der Waals surface area contributed by atoms with Crippen LogP contribution in [-0.2, 0) is 4.79 Å². The molecule has 0 aromatic heterocycles.